The molecule has 0 saturated carbocycles. The van der Waals surface area contributed by atoms with E-state index in [0.717, 1.165) is 45.6 Å². The van der Waals surface area contributed by atoms with Crippen LogP contribution in [0.15, 0.2) is 30.3 Å². The number of carbonyl (C=O) groups is 1. The fraction of sp³-hybridized carbons (Fsp3) is 0.588. The molecule has 0 aromatic heterocycles. The molecule has 5 nitrogen and oxygen atoms in total. The van der Waals surface area contributed by atoms with Crippen LogP contribution in [0.3, 0.4) is 0 Å². The van der Waals surface area contributed by atoms with E-state index in [2.05, 4.69) is 22.3 Å². The van der Waals surface area contributed by atoms with E-state index in [0.29, 0.717) is 13.3 Å². The van der Waals surface area contributed by atoms with Crippen molar-refractivity contribution in [3.63, 3.8) is 0 Å². The summed E-state index contributed by atoms with van der Waals surface area (Å²) in [6.07, 6.45) is 2.10. The molecule has 2 aliphatic rings. The Kier molecular flexibility index (Phi) is 5.43. The molecule has 0 spiro atoms. The van der Waals surface area contributed by atoms with Gasteiger partial charge in [-0.2, -0.15) is 0 Å². The molecule has 1 atom stereocenters. The Hall–Kier alpha value is -1.43. The Labute approximate surface area is 132 Å². The summed E-state index contributed by atoms with van der Waals surface area (Å²) in [5.41, 5.74) is 1.20. The Morgan fingerprint density at radius 3 is 2.64 bits per heavy atom. The van der Waals surface area contributed by atoms with Gasteiger partial charge in [-0.05, 0) is 24.9 Å². The van der Waals surface area contributed by atoms with Crippen molar-refractivity contribution in [2.75, 3.05) is 39.5 Å². The molecule has 3 rings (SSSR count). The highest BCUT2D eigenvalue weighted by atomic mass is 16.5. The van der Waals surface area contributed by atoms with Gasteiger partial charge in [0.2, 0.25) is 5.91 Å². The maximum atomic E-state index is 12.3. The molecule has 1 aromatic rings. The van der Waals surface area contributed by atoms with Crippen LogP contribution in [0.25, 0.3) is 0 Å². The lowest BCUT2D eigenvalue weighted by Crippen LogP contribution is -2.53. The maximum Gasteiger partial charge on any atom is 0.239 e. The van der Waals surface area contributed by atoms with Crippen molar-refractivity contribution in [2.24, 2.45) is 0 Å². The van der Waals surface area contributed by atoms with E-state index in [1.807, 2.05) is 23.1 Å². The SMILES string of the molecule is O=C([C@H]1CCCN1)N1CCN(COCc2ccccc2)CC1. The van der Waals surface area contributed by atoms with Crippen LogP contribution in [0.4, 0.5) is 0 Å². The molecule has 2 aliphatic heterocycles. The number of rotatable bonds is 5. The summed E-state index contributed by atoms with van der Waals surface area (Å²) in [4.78, 5) is 16.6. The van der Waals surface area contributed by atoms with E-state index < -0.39 is 0 Å². The molecule has 0 bridgehead atoms. The molecule has 1 amide bonds. The third-order valence-corrected chi connectivity index (χ3v) is 4.43. The standard InChI is InChI=1S/C17H25N3O2/c21-17(16-7-4-8-18-16)20-11-9-19(10-12-20)14-22-13-15-5-2-1-3-6-15/h1-3,5-6,16,18H,4,7-14H2/t16-/m1/s1. The van der Waals surface area contributed by atoms with Crippen molar-refractivity contribution in [1.82, 2.24) is 15.1 Å². The molecule has 2 saturated heterocycles. The monoisotopic (exact) mass is 303 g/mol. The summed E-state index contributed by atoms with van der Waals surface area (Å²) in [6.45, 7) is 5.67. The van der Waals surface area contributed by atoms with Crippen molar-refractivity contribution in [3.05, 3.63) is 35.9 Å². The Morgan fingerprint density at radius 2 is 1.95 bits per heavy atom. The molecule has 5 heteroatoms. The summed E-state index contributed by atoms with van der Waals surface area (Å²) < 4.78 is 5.76. The number of nitrogens with one attached hydrogen (secondary N) is 1. The van der Waals surface area contributed by atoms with Gasteiger partial charge in [0.15, 0.2) is 0 Å². The van der Waals surface area contributed by atoms with Crippen LogP contribution in [-0.4, -0.2) is 61.2 Å². The zero-order valence-corrected chi connectivity index (χ0v) is 13.0. The van der Waals surface area contributed by atoms with E-state index in [4.69, 9.17) is 4.74 Å². The number of amides is 1. The van der Waals surface area contributed by atoms with Gasteiger partial charge < -0.3 is 15.0 Å². The number of hydrogen-bond donors (Lipinski definition) is 1. The molecular weight excluding hydrogens is 278 g/mol. The third kappa shape index (κ3) is 4.06. The highest BCUT2D eigenvalue weighted by Gasteiger charge is 2.28. The lowest BCUT2D eigenvalue weighted by molar-refractivity contribution is -0.135. The average molecular weight is 303 g/mol. The summed E-state index contributed by atoms with van der Waals surface area (Å²) in [7, 11) is 0. The van der Waals surface area contributed by atoms with Gasteiger partial charge >= 0.3 is 0 Å². The summed E-state index contributed by atoms with van der Waals surface area (Å²) in [5, 5.41) is 3.29. The zero-order valence-electron chi connectivity index (χ0n) is 13.0. The Morgan fingerprint density at radius 1 is 1.18 bits per heavy atom. The third-order valence-electron chi connectivity index (χ3n) is 4.43. The molecule has 0 aliphatic carbocycles. The first-order valence-corrected chi connectivity index (χ1v) is 8.19. The average Bonchev–Trinajstić information content (AvgIpc) is 3.10. The van der Waals surface area contributed by atoms with Crippen molar-refractivity contribution in [2.45, 2.75) is 25.5 Å². The van der Waals surface area contributed by atoms with Crippen molar-refractivity contribution in [1.29, 1.82) is 0 Å². The first kappa shape index (κ1) is 15.5. The first-order chi connectivity index (χ1) is 10.8. The topological polar surface area (TPSA) is 44.8 Å². The van der Waals surface area contributed by atoms with Crippen LogP contribution in [0, 0.1) is 0 Å². The molecule has 120 valence electrons. The predicted molar refractivity (Wildman–Crippen MR) is 85.3 cm³/mol. The minimum Gasteiger partial charge on any atom is -0.361 e. The highest BCUT2D eigenvalue weighted by molar-refractivity contribution is 5.82. The molecule has 2 fully saturated rings. The number of ether oxygens (including phenoxy) is 1. The normalized spacial score (nSPS) is 22.9. The molecule has 1 aromatic carbocycles. The van der Waals surface area contributed by atoms with Gasteiger partial charge in [0.1, 0.15) is 0 Å². The second-order valence-corrected chi connectivity index (χ2v) is 6.06. The maximum absolute atomic E-state index is 12.3. The van der Waals surface area contributed by atoms with Crippen LogP contribution < -0.4 is 5.32 Å². The molecule has 0 radical (unpaired) electrons. The second kappa shape index (κ2) is 7.72. The number of piperazine rings is 1. The lowest BCUT2D eigenvalue weighted by atomic mass is 10.2. The van der Waals surface area contributed by atoms with Gasteiger partial charge in [-0.25, -0.2) is 0 Å². The van der Waals surface area contributed by atoms with E-state index in [-0.39, 0.29) is 11.9 Å². The summed E-state index contributed by atoms with van der Waals surface area (Å²) in [5.74, 6) is 0.280. The molecule has 1 N–H and O–H groups in total. The highest BCUT2D eigenvalue weighted by Crippen LogP contribution is 2.11. The molecule has 22 heavy (non-hydrogen) atoms. The van der Waals surface area contributed by atoms with Gasteiger partial charge in [0.05, 0.1) is 19.4 Å². The van der Waals surface area contributed by atoms with Crippen LogP contribution in [0.2, 0.25) is 0 Å². The van der Waals surface area contributed by atoms with Gasteiger partial charge in [-0.3, -0.25) is 9.69 Å². The van der Waals surface area contributed by atoms with Crippen LogP contribution in [0.5, 0.6) is 0 Å². The van der Waals surface area contributed by atoms with E-state index in [9.17, 15) is 4.79 Å². The summed E-state index contributed by atoms with van der Waals surface area (Å²) >= 11 is 0. The van der Waals surface area contributed by atoms with Gasteiger partial charge in [-0.15, -0.1) is 0 Å². The first-order valence-electron chi connectivity index (χ1n) is 8.19. The molecular formula is C17H25N3O2. The number of nitrogens with zero attached hydrogens (tertiary/aromatic N) is 2. The minimum atomic E-state index is 0.0564. The number of carbonyl (C=O) groups excluding carboxylic acids is 1. The Bertz CT molecular complexity index is 466. The van der Waals surface area contributed by atoms with E-state index in [1.165, 1.54) is 5.56 Å². The Balaban J connectivity index is 1.36. The molecule has 0 unspecified atom stereocenters. The van der Waals surface area contributed by atoms with E-state index in [1.54, 1.807) is 0 Å². The number of benzene rings is 1. The quantitative estimate of drug-likeness (QED) is 0.883. The molecule has 2 heterocycles. The van der Waals surface area contributed by atoms with Crippen LogP contribution in [-0.2, 0) is 16.1 Å². The van der Waals surface area contributed by atoms with Gasteiger partial charge in [-0.1, -0.05) is 30.3 Å². The second-order valence-electron chi connectivity index (χ2n) is 6.06. The fourth-order valence-electron chi connectivity index (χ4n) is 3.08. The predicted octanol–water partition coefficient (Wildman–Crippen LogP) is 1.06. The number of hydrogen-bond acceptors (Lipinski definition) is 4. The van der Waals surface area contributed by atoms with E-state index >= 15 is 0 Å². The lowest BCUT2D eigenvalue weighted by Gasteiger charge is -2.35. The largest absolute Gasteiger partial charge is 0.361 e. The van der Waals surface area contributed by atoms with Crippen LogP contribution >= 0.6 is 0 Å². The summed E-state index contributed by atoms with van der Waals surface area (Å²) in [6, 6.07) is 10.3. The van der Waals surface area contributed by atoms with Gasteiger partial charge in [0.25, 0.3) is 0 Å². The minimum absolute atomic E-state index is 0.0564. The van der Waals surface area contributed by atoms with Crippen LogP contribution in [0.1, 0.15) is 18.4 Å². The van der Waals surface area contributed by atoms with Crippen molar-refractivity contribution >= 4 is 5.91 Å². The van der Waals surface area contributed by atoms with Gasteiger partial charge in [0, 0.05) is 26.2 Å². The smallest absolute Gasteiger partial charge is 0.239 e. The van der Waals surface area contributed by atoms with Crippen molar-refractivity contribution < 1.29 is 9.53 Å². The van der Waals surface area contributed by atoms with Crippen molar-refractivity contribution in [3.8, 4) is 0 Å². The fourth-order valence-corrected chi connectivity index (χ4v) is 3.08. The zero-order chi connectivity index (χ0) is 15.2.